The molecule has 29 heavy (non-hydrogen) atoms. The Labute approximate surface area is 170 Å². The van der Waals surface area contributed by atoms with Crippen LogP contribution in [0.5, 0.6) is 0 Å². The summed E-state index contributed by atoms with van der Waals surface area (Å²) in [5.74, 6) is -1.48. The van der Waals surface area contributed by atoms with E-state index in [2.05, 4.69) is 4.98 Å². The van der Waals surface area contributed by atoms with Crippen LogP contribution in [0.25, 0.3) is 0 Å². The second-order valence-corrected chi connectivity index (χ2v) is 9.68. The van der Waals surface area contributed by atoms with Crippen LogP contribution < -0.4 is 0 Å². The van der Waals surface area contributed by atoms with Gasteiger partial charge in [-0.1, -0.05) is 13.8 Å². The average molecular weight is 423 g/mol. The van der Waals surface area contributed by atoms with E-state index in [9.17, 15) is 18.0 Å². The van der Waals surface area contributed by atoms with E-state index in [4.69, 9.17) is 9.47 Å². The third-order valence-electron chi connectivity index (χ3n) is 5.66. The SMILES string of the molecule is COC1CC2=C(C(=O)N(COC(=O)c3c(C)ccnc3C)S2(=O)=O)C(C(C)C)C1. The number of carbonyl (C=O) groups excluding carboxylic acids is 2. The van der Waals surface area contributed by atoms with Crippen LogP contribution in [0.4, 0.5) is 0 Å². The van der Waals surface area contributed by atoms with Gasteiger partial charge in [-0.25, -0.2) is 13.2 Å². The first-order valence-electron chi connectivity index (χ1n) is 9.51. The van der Waals surface area contributed by atoms with Crippen molar-refractivity contribution in [2.75, 3.05) is 13.8 Å². The number of carbonyl (C=O) groups is 2. The second kappa shape index (κ2) is 7.87. The maximum Gasteiger partial charge on any atom is 0.342 e. The van der Waals surface area contributed by atoms with Gasteiger partial charge in [0, 0.05) is 25.3 Å². The first-order chi connectivity index (χ1) is 13.6. The largest absolute Gasteiger partial charge is 0.439 e. The lowest BCUT2D eigenvalue weighted by molar-refractivity contribution is -0.125. The zero-order valence-corrected chi connectivity index (χ0v) is 18.1. The Hall–Kier alpha value is -2.26. The van der Waals surface area contributed by atoms with Crippen molar-refractivity contribution in [2.45, 2.75) is 46.6 Å². The van der Waals surface area contributed by atoms with Gasteiger partial charge in [-0.3, -0.25) is 9.78 Å². The molecule has 1 aliphatic heterocycles. The van der Waals surface area contributed by atoms with Crippen LogP contribution in [0.15, 0.2) is 22.7 Å². The molecule has 0 fully saturated rings. The normalized spacial score (nSPS) is 23.5. The smallest absolute Gasteiger partial charge is 0.342 e. The summed E-state index contributed by atoms with van der Waals surface area (Å²) in [5.41, 5.74) is 1.72. The Balaban J connectivity index is 1.86. The molecule has 3 rings (SSSR count). The Morgan fingerprint density at radius 3 is 2.62 bits per heavy atom. The second-order valence-electron chi connectivity index (χ2n) is 7.79. The topological polar surface area (TPSA) is 103 Å². The number of aromatic nitrogens is 1. The van der Waals surface area contributed by atoms with Gasteiger partial charge in [-0.05, 0) is 43.7 Å². The van der Waals surface area contributed by atoms with Crippen LogP contribution in [-0.4, -0.2) is 49.5 Å². The van der Waals surface area contributed by atoms with Crippen LogP contribution in [0.3, 0.4) is 0 Å². The summed E-state index contributed by atoms with van der Waals surface area (Å²) >= 11 is 0. The van der Waals surface area contributed by atoms with Crippen LogP contribution in [0, 0.1) is 25.7 Å². The van der Waals surface area contributed by atoms with Crippen molar-refractivity contribution in [1.29, 1.82) is 0 Å². The average Bonchev–Trinajstić information content (AvgIpc) is 2.84. The molecular weight excluding hydrogens is 396 g/mol. The summed E-state index contributed by atoms with van der Waals surface area (Å²) in [6, 6.07) is 1.67. The number of sulfonamides is 1. The highest BCUT2D eigenvalue weighted by molar-refractivity contribution is 7.94. The molecule has 2 aliphatic rings. The number of aryl methyl sites for hydroxylation is 2. The van der Waals surface area contributed by atoms with Crippen molar-refractivity contribution < 1.29 is 27.5 Å². The van der Waals surface area contributed by atoms with Gasteiger partial charge in [-0.2, -0.15) is 4.31 Å². The molecular formula is C20H26N2O6S. The Bertz CT molecular complexity index is 962. The lowest BCUT2D eigenvalue weighted by atomic mass is 9.78. The van der Waals surface area contributed by atoms with Crippen molar-refractivity contribution >= 4 is 21.9 Å². The van der Waals surface area contributed by atoms with Crippen LogP contribution in [-0.2, 0) is 24.3 Å². The minimum absolute atomic E-state index is 0.0697. The standard InChI is InChI=1S/C20H26N2O6S/c1-11(2)15-8-14(27-5)9-16-18(15)19(23)22(29(16,25)26)10-28-20(24)17-12(3)6-7-21-13(17)4/h6-7,11,14-15H,8-10H2,1-5H3. The summed E-state index contributed by atoms with van der Waals surface area (Å²) in [5, 5.41) is 0. The number of esters is 1. The lowest BCUT2D eigenvalue weighted by Crippen LogP contribution is -2.35. The molecule has 1 aromatic heterocycles. The van der Waals surface area contributed by atoms with Gasteiger partial charge in [0.1, 0.15) is 0 Å². The fourth-order valence-electron chi connectivity index (χ4n) is 4.01. The first-order valence-corrected chi connectivity index (χ1v) is 11.0. The summed E-state index contributed by atoms with van der Waals surface area (Å²) in [4.78, 5) is 29.7. The van der Waals surface area contributed by atoms with Crippen LogP contribution in [0.1, 0.15) is 48.3 Å². The van der Waals surface area contributed by atoms with E-state index in [0.717, 1.165) is 0 Å². The zero-order chi connectivity index (χ0) is 21.5. The molecule has 0 saturated heterocycles. The molecule has 1 aliphatic carbocycles. The molecule has 0 aromatic carbocycles. The Kier molecular flexibility index (Phi) is 5.82. The van der Waals surface area contributed by atoms with Gasteiger partial charge in [0.15, 0.2) is 6.73 Å². The van der Waals surface area contributed by atoms with Crippen molar-refractivity contribution in [3.05, 3.63) is 39.6 Å². The zero-order valence-electron chi connectivity index (χ0n) is 17.3. The van der Waals surface area contributed by atoms with Gasteiger partial charge in [0.2, 0.25) is 0 Å². The maximum atomic E-state index is 13.0. The summed E-state index contributed by atoms with van der Waals surface area (Å²) in [7, 11) is -2.52. The molecule has 2 unspecified atom stereocenters. The molecule has 8 nitrogen and oxygen atoms in total. The van der Waals surface area contributed by atoms with E-state index >= 15 is 0 Å². The third-order valence-corrected chi connectivity index (χ3v) is 7.52. The number of pyridine rings is 1. The van der Waals surface area contributed by atoms with Gasteiger partial charge >= 0.3 is 5.97 Å². The van der Waals surface area contributed by atoms with Crippen molar-refractivity contribution in [3.63, 3.8) is 0 Å². The molecule has 1 amide bonds. The lowest BCUT2D eigenvalue weighted by Gasteiger charge is -2.30. The van der Waals surface area contributed by atoms with E-state index in [1.54, 1.807) is 26.1 Å². The third kappa shape index (κ3) is 3.69. The number of nitrogens with zero attached hydrogens (tertiary/aromatic N) is 2. The highest BCUT2D eigenvalue weighted by Crippen LogP contribution is 2.44. The molecule has 0 radical (unpaired) electrons. The summed E-state index contributed by atoms with van der Waals surface area (Å²) in [6.07, 6.45) is 2.03. The van der Waals surface area contributed by atoms with Crippen molar-refractivity contribution in [3.8, 4) is 0 Å². The number of amides is 1. The molecule has 0 N–H and O–H groups in total. The van der Waals surface area contributed by atoms with Crippen molar-refractivity contribution in [1.82, 2.24) is 9.29 Å². The van der Waals surface area contributed by atoms with Gasteiger partial charge < -0.3 is 9.47 Å². The molecule has 0 saturated carbocycles. The van der Waals surface area contributed by atoms with Gasteiger partial charge in [0.25, 0.3) is 15.9 Å². The molecule has 0 bridgehead atoms. The quantitative estimate of drug-likeness (QED) is 0.671. The van der Waals surface area contributed by atoms with E-state index in [1.807, 2.05) is 13.8 Å². The van der Waals surface area contributed by atoms with E-state index in [1.165, 1.54) is 7.11 Å². The predicted molar refractivity (Wildman–Crippen MR) is 105 cm³/mol. The highest BCUT2D eigenvalue weighted by atomic mass is 32.2. The minimum atomic E-state index is -4.05. The Morgan fingerprint density at radius 1 is 1.34 bits per heavy atom. The summed E-state index contributed by atoms with van der Waals surface area (Å²) in [6.45, 7) is 6.64. The number of hydrogen-bond donors (Lipinski definition) is 0. The van der Waals surface area contributed by atoms with Crippen molar-refractivity contribution in [2.24, 2.45) is 11.8 Å². The first kappa shape index (κ1) is 21.4. The molecule has 0 spiro atoms. The number of hydrogen-bond acceptors (Lipinski definition) is 7. The number of ether oxygens (including phenoxy) is 2. The minimum Gasteiger partial charge on any atom is -0.439 e. The number of rotatable bonds is 5. The fourth-order valence-corrected chi connectivity index (χ4v) is 5.70. The molecule has 9 heteroatoms. The molecule has 2 heterocycles. The molecule has 158 valence electrons. The van der Waals surface area contributed by atoms with Crippen LogP contribution in [0.2, 0.25) is 0 Å². The van der Waals surface area contributed by atoms with Crippen LogP contribution >= 0.6 is 0 Å². The van der Waals surface area contributed by atoms with E-state index in [0.29, 0.717) is 27.6 Å². The Morgan fingerprint density at radius 2 is 2.03 bits per heavy atom. The summed E-state index contributed by atoms with van der Waals surface area (Å²) < 4.78 is 37.4. The fraction of sp³-hybridized carbons (Fsp3) is 0.550. The van der Waals surface area contributed by atoms with E-state index in [-0.39, 0.29) is 34.8 Å². The monoisotopic (exact) mass is 422 g/mol. The maximum absolute atomic E-state index is 13.0. The highest BCUT2D eigenvalue weighted by Gasteiger charge is 2.50. The van der Waals surface area contributed by atoms with Gasteiger partial charge in [0.05, 0.1) is 22.3 Å². The predicted octanol–water partition coefficient (Wildman–Crippen LogP) is 2.32. The molecule has 2 atom stereocenters. The number of methoxy groups -OCH3 is 1. The van der Waals surface area contributed by atoms with Gasteiger partial charge in [-0.15, -0.1) is 0 Å². The molecule has 1 aromatic rings. The van der Waals surface area contributed by atoms with E-state index < -0.39 is 28.6 Å².